The molecule has 134 valence electrons. The van der Waals surface area contributed by atoms with Crippen LogP contribution in [-0.2, 0) is 10.9 Å². The lowest BCUT2D eigenvalue weighted by Crippen LogP contribution is -2.39. The number of morpholine rings is 1. The maximum atomic E-state index is 12.7. The maximum absolute atomic E-state index is 12.7. The zero-order chi connectivity index (χ0) is 18.0. The lowest BCUT2D eigenvalue weighted by molar-refractivity contribution is -0.137. The first-order valence-corrected chi connectivity index (χ1v) is 7.88. The minimum atomic E-state index is -4.34. The van der Waals surface area contributed by atoms with Crippen molar-refractivity contribution >= 4 is 11.6 Å². The average molecular weight is 352 g/mol. The van der Waals surface area contributed by atoms with E-state index in [1.807, 2.05) is 23.9 Å². The molecule has 0 N–H and O–H groups in total. The number of aromatic nitrogens is 2. The molecule has 1 atom stereocenters. The number of halogens is 3. The summed E-state index contributed by atoms with van der Waals surface area (Å²) in [6, 6.07) is 5.12. The Morgan fingerprint density at radius 1 is 1.12 bits per heavy atom. The Balaban J connectivity index is 1.80. The molecule has 2 aromatic rings. The van der Waals surface area contributed by atoms with Crippen LogP contribution in [0, 0.1) is 0 Å². The number of anilines is 2. The Morgan fingerprint density at radius 2 is 1.80 bits per heavy atom. The number of nitrogens with zero attached hydrogens (tertiary/aromatic N) is 4. The zero-order valence-electron chi connectivity index (χ0n) is 14.0. The van der Waals surface area contributed by atoms with Crippen LogP contribution in [-0.4, -0.2) is 43.8 Å². The van der Waals surface area contributed by atoms with E-state index in [1.165, 1.54) is 12.1 Å². The van der Waals surface area contributed by atoms with Gasteiger partial charge in [-0.2, -0.15) is 13.2 Å². The van der Waals surface area contributed by atoms with Crippen molar-refractivity contribution in [1.82, 2.24) is 9.97 Å². The van der Waals surface area contributed by atoms with Crippen LogP contribution < -0.4 is 9.80 Å². The van der Waals surface area contributed by atoms with Crippen molar-refractivity contribution in [3.8, 4) is 0 Å². The summed E-state index contributed by atoms with van der Waals surface area (Å²) in [6.07, 6.45) is -1.39. The lowest BCUT2D eigenvalue weighted by atomic mass is 10.1. The topological polar surface area (TPSA) is 41.5 Å². The molecule has 5 nitrogen and oxygen atoms in total. The average Bonchev–Trinajstić information content (AvgIpc) is 2.61. The third-order valence-electron chi connectivity index (χ3n) is 4.06. The fourth-order valence-corrected chi connectivity index (χ4v) is 2.79. The molecular weight excluding hydrogens is 333 g/mol. The molecule has 0 saturated carbocycles. The van der Waals surface area contributed by atoms with Crippen molar-refractivity contribution in [1.29, 1.82) is 0 Å². The monoisotopic (exact) mass is 352 g/mol. The summed E-state index contributed by atoms with van der Waals surface area (Å²) in [7, 11) is 3.78. The van der Waals surface area contributed by atoms with Crippen LogP contribution >= 0.6 is 0 Å². The summed E-state index contributed by atoms with van der Waals surface area (Å²) >= 11 is 0. The quantitative estimate of drug-likeness (QED) is 0.849. The highest BCUT2D eigenvalue weighted by molar-refractivity contribution is 5.61. The summed E-state index contributed by atoms with van der Waals surface area (Å²) in [5.41, 5.74) is 0.0562. The molecule has 1 aliphatic rings. The highest BCUT2D eigenvalue weighted by atomic mass is 19.4. The molecule has 0 aliphatic carbocycles. The van der Waals surface area contributed by atoms with Crippen molar-refractivity contribution in [3.63, 3.8) is 0 Å². The second-order valence-electron chi connectivity index (χ2n) is 6.02. The molecule has 0 bridgehead atoms. The summed E-state index contributed by atoms with van der Waals surface area (Å²) in [4.78, 5) is 12.7. The van der Waals surface area contributed by atoms with Crippen LogP contribution in [0.3, 0.4) is 0 Å². The first-order chi connectivity index (χ1) is 11.9. The van der Waals surface area contributed by atoms with Gasteiger partial charge in [0.2, 0.25) is 0 Å². The summed E-state index contributed by atoms with van der Waals surface area (Å²) in [5.74, 6) is 1.49. The number of ether oxygens (including phenoxy) is 1. The minimum absolute atomic E-state index is 0.312. The summed E-state index contributed by atoms with van der Waals surface area (Å²) < 4.78 is 43.9. The fraction of sp³-hybridized carbons (Fsp3) is 0.412. The molecule has 1 aliphatic heterocycles. The number of hydrogen-bond donors (Lipinski definition) is 0. The molecule has 1 fully saturated rings. The van der Waals surface area contributed by atoms with E-state index < -0.39 is 11.7 Å². The lowest BCUT2D eigenvalue weighted by Gasteiger charge is -2.35. The van der Waals surface area contributed by atoms with Gasteiger partial charge in [0.1, 0.15) is 6.10 Å². The Hall–Kier alpha value is -2.35. The standard InChI is InChI=1S/C17H19F3N4O/c1-23(2)15-16(22-8-7-21-15)24-9-10-25-14(11-24)12-3-5-13(6-4-12)17(18,19)20/h3-8,14H,9-11H2,1-2H3. The molecule has 25 heavy (non-hydrogen) atoms. The van der Waals surface area contributed by atoms with Gasteiger partial charge in [0.15, 0.2) is 11.6 Å². The molecule has 2 heterocycles. The zero-order valence-corrected chi connectivity index (χ0v) is 14.0. The molecule has 8 heteroatoms. The number of benzene rings is 1. The van der Waals surface area contributed by atoms with E-state index in [0.29, 0.717) is 25.3 Å². The van der Waals surface area contributed by atoms with Crippen LogP contribution in [0.4, 0.5) is 24.8 Å². The number of rotatable bonds is 3. The number of alkyl halides is 3. The largest absolute Gasteiger partial charge is 0.416 e. The Labute approximate surface area is 144 Å². The van der Waals surface area contributed by atoms with Gasteiger partial charge >= 0.3 is 6.18 Å². The van der Waals surface area contributed by atoms with Gasteiger partial charge in [-0.1, -0.05) is 12.1 Å². The van der Waals surface area contributed by atoms with Crippen LogP contribution in [0.25, 0.3) is 0 Å². The predicted octanol–water partition coefficient (Wildman–Crippen LogP) is 3.14. The van der Waals surface area contributed by atoms with Gasteiger partial charge < -0.3 is 14.5 Å². The third-order valence-corrected chi connectivity index (χ3v) is 4.06. The van der Waals surface area contributed by atoms with Crippen molar-refractivity contribution in [2.75, 3.05) is 43.6 Å². The van der Waals surface area contributed by atoms with Crippen molar-refractivity contribution in [3.05, 3.63) is 47.8 Å². The Morgan fingerprint density at radius 3 is 2.44 bits per heavy atom. The SMILES string of the molecule is CN(C)c1nccnc1N1CCOC(c2ccc(C(F)(F)F)cc2)C1. The molecule has 3 rings (SSSR count). The predicted molar refractivity (Wildman–Crippen MR) is 88.7 cm³/mol. The van der Waals surface area contributed by atoms with Crippen LogP contribution in [0.1, 0.15) is 17.2 Å². The van der Waals surface area contributed by atoms with E-state index in [2.05, 4.69) is 9.97 Å². The minimum Gasteiger partial charge on any atom is -0.370 e. The van der Waals surface area contributed by atoms with Gasteiger partial charge in [-0.15, -0.1) is 0 Å². The first-order valence-electron chi connectivity index (χ1n) is 7.88. The summed E-state index contributed by atoms with van der Waals surface area (Å²) in [5, 5.41) is 0. The van der Waals surface area contributed by atoms with E-state index in [9.17, 15) is 13.2 Å². The first kappa shape index (κ1) is 17.5. The van der Waals surface area contributed by atoms with E-state index in [4.69, 9.17) is 4.74 Å². The van der Waals surface area contributed by atoms with Crippen molar-refractivity contribution < 1.29 is 17.9 Å². The highest BCUT2D eigenvalue weighted by Gasteiger charge is 2.31. The molecule has 0 spiro atoms. The highest BCUT2D eigenvalue weighted by Crippen LogP contribution is 2.32. The van der Waals surface area contributed by atoms with Gasteiger partial charge in [0.05, 0.1) is 12.2 Å². The van der Waals surface area contributed by atoms with Crippen LogP contribution in [0.15, 0.2) is 36.7 Å². The fourth-order valence-electron chi connectivity index (χ4n) is 2.79. The Bertz CT molecular complexity index is 719. The van der Waals surface area contributed by atoms with Gasteiger partial charge in [0.25, 0.3) is 0 Å². The van der Waals surface area contributed by atoms with Gasteiger partial charge in [-0.25, -0.2) is 9.97 Å². The molecule has 1 saturated heterocycles. The van der Waals surface area contributed by atoms with Gasteiger partial charge in [-0.3, -0.25) is 0 Å². The van der Waals surface area contributed by atoms with Gasteiger partial charge in [-0.05, 0) is 17.7 Å². The van der Waals surface area contributed by atoms with Crippen molar-refractivity contribution in [2.45, 2.75) is 12.3 Å². The van der Waals surface area contributed by atoms with Gasteiger partial charge in [0, 0.05) is 39.6 Å². The molecule has 1 unspecified atom stereocenters. The van der Waals surface area contributed by atoms with E-state index in [1.54, 1.807) is 12.4 Å². The summed E-state index contributed by atoms with van der Waals surface area (Å²) in [6.45, 7) is 1.62. The van der Waals surface area contributed by atoms with Crippen LogP contribution in [0.2, 0.25) is 0 Å². The molecular formula is C17H19F3N4O. The number of hydrogen-bond acceptors (Lipinski definition) is 5. The second kappa shape index (κ2) is 6.87. The van der Waals surface area contributed by atoms with E-state index in [0.717, 1.165) is 23.8 Å². The smallest absolute Gasteiger partial charge is 0.370 e. The Kier molecular flexibility index (Phi) is 4.80. The molecule has 0 radical (unpaired) electrons. The molecule has 1 aromatic carbocycles. The molecule has 0 amide bonds. The van der Waals surface area contributed by atoms with E-state index >= 15 is 0 Å². The maximum Gasteiger partial charge on any atom is 0.416 e. The molecule has 1 aromatic heterocycles. The third kappa shape index (κ3) is 3.84. The second-order valence-corrected chi connectivity index (χ2v) is 6.02. The van der Waals surface area contributed by atoms with E-state index in [-0.39, 0.29) is 6.10 Å². The normalized spacial score (nSPS) is 18.3. The van der Waals surface area contributed by atoms with Crippen molar-refractivity contribution in [2.24, 2.45) is 0 Å². The van der Waals surface area contributed by atoms with Crippen LogP contribution in [0.5, 0.6) is 0 Å².